The third-order valence-electron chi connectivity index (χ3n) is 5.43. The molecule has 0 unspecified atom stereocenters. The minimum absolute atomic E-state index is 0.0359. The smallest absolute Gasteiger partial charge is 0.255 e. The SMILES string of the molecule is CN=c1cc(N2CCOc3cc(C(=O)N4CC(C)(F)C4)cnc32)ccn1C(=O)C(C)C. The number of ether oxygens (including phenoxy) is 1. The second kappa shape index (κ2) is 7.79. The standard InChI is InChI=1S/C22H26FN5O3/c1-14(2)20(29)28-6-5-16(10-18(28)24-4)27-7-8-31-17-9-15(11-25-19(17)27)21(30)26-12-22(3,23)13-26/h5-6,9-11,14H,7-8,12-13H2,1-4H3. The van der Waals surface area contributed by atoms with Crippen LogP contribution in [-0.4, -0.2) is 65.2 Å². The highest BCUT2D eigenvalue weighted by Gasteiger charge is 2.42. The predicted octanol–water partition coefficient (Wildman–Crippen LogP) is 2.42. The molecule has 31 heavy (non-hydrogen) atoms. The van der Waals surface area contributed by atoms with Crippen LogP contribution in [0.5, 0.6) is 5.75 Å². The Morgan fingerprint density at radius 2 is 2.03 bits per heavy atom. The molecule has 2 aromatic rings. The first-order chi connectivity index (χ1) is 14.7. The van der Waals surface area contributed by atoms with Crippen LogP contribution in [0.2, 0.25) is 0 Å². The number of pyridine rings is 2. The molecule has 8 nitrogen and oxygen atoms in total. The molecule has 0 aromatic carbocycles. The van der Waals surface area contributed by atoms with Gasteiger partial charge in [0.25, 0.3) is 5.91 Å². The number of amides is 1. The maximum Gasteiger partial charge on any atom is 0.255 e. The Kier molecular flexibility index (Phi) is 5.28. The molecule has 0 spiro atoms. The van der Waals surface area contributed by atoms with Crippen molar-refractivity contribution in [2.45, 2.75) is 26.4 Å². The molecule has 2 aromatic heterocycles. The molecule has 0 radical (unpaired) electrons. The zero-order chi connectivity index (χ0) is 22.3. The number of fused-ring (bicyclic) bond motifs is 1. The fourth-order valence-electron chi connectivity index (χ4n) is 3.83. The maximum atomic E-state index is 13.8. The molecule has 9 heteroatoms. The van der Waals surface area contributed by atoms with Gasteiger partial charge in [0.1, 0.15) is 17.8 Å². The van der Waals surface area contributed by atoms with Crippen LogP contribution >= 0.6 is 0 Å². The van der Waals surface area contributed by atoms with Gasteiger partial charge in [-0.25, -0.2) is 9.37 Å². The third-order valence-corrected chi connectivity index (χ3v) is 5.43. The van der Waals surface area contributed by atoms with E-state index in [9.17, 15) is 14.0 Å². The average Bonchev–Trinajstić information content (AvgIpc) is 2.75. The van der Waals surface area contributed by atoms with E-state index in [0.29, 0.717) is 35.8 Å². The molecular weight excluding hydrogens is 401 g/mol. The van der Waals surface area contributed by atoms with Crippen molar-refractivity contribution < 1.29 is 18.7 Å². The van der Waals surface area contributed by atoms with Crippen LogP contribution in [0.1, 0.15) is 35.9 Å². The van der Waals surface area contributed by atoms with Crippen LogP contribution in [0.25, 0.3) is 0 Å². The number of alkyl halides is 1. The second-order valence-corrected chi connectivity index (χ2v) is 8.45. The first kappa shape index (κ1) is 21.0. The monoisotopic (exact) mass is 427 g/mol. The van der Waals surface area contributed by atoms with E-state index < -0.39 is 5.67 Å². The van der Waals surface area contributed by atoms with Gasteiger partial charge in [0.15, 0.2) is 11.6 Å². The van der Waals surface area contributed by atoms with Crippen LogP contribution in [0.3, 0.4) is 0 Å². The van der Waals surface area contributed by atoms with Crippen LogP contribution < -0.4 is 15.1 Å². The van der Waals surface area contributed by atoms with Gasteiger partial charge in [-0.1, -0.05) is 13.8 Å². The van der Waals surface area contributed by atoms with Crippen LogP contribution in [-0.2, 0) is 0 Å². The van der Waals surface area contributed by atoms with Crippen LogP contribution in [0, 0.1) is 5.92 Å². The molecule has 4 heterocycles. The summed E-state index contributed by atoms with van der Waals surface area (Å²) < 4.78 is 21.1. The number of nitrogens with zero attached hydrogens (tertiary/aromatic N) is 5. The number of hydrogen-bond acceptors (Lipinski definition) is 6. The summed E-state index contributed by atoms with van der Waals surface area (Å²) in [5.41, 5.74) is 0.408. The lowest BCUT2D eigenvalue weighted by molar-refractivity contribution is -0.00790. The number of hydrogen-bond donors (Lipinski definition) is 0. The maximum absolute atomic E-state index is 13.8. The topological polar surface area (TPSA) is 80.0 Å². The van der Waals surface area contributed by atoms with E-state index in [2.05, 4.69) is 9.98 Å². The highest BCUT2D eigenvalue weighted by Crippen LogP contribution is 2.35. The molecule has 0 aliphatic carbocycles. The summed E-state index contributed by atoms with van der Waals surface area (Å²) in [6.07, 6.45) is 3.21. The van der Waals surface area contributed by atoms with E-state index in [1.165, 1.54) is 22.6 Å². The van der Waals surface area contributed by atoms with Gasteiger partial charge in [-0.3, -0.25) is 19.1 Å². The summed E-state index contributed by atoms with van der Waals surface area (Å²) in [7, 11) is 1.64. The summed E-state index contributed by atoms with van der Waals surface area (Å²) in [6.45, 7) is 6.31. The molecule has 164 valence electrons. The summed E-state index contributed by atoms with van der Waals surface area (Å²) in [5, 5.41) is 0. The number of likely N-dealkylation sites (tertiary alicyclic amines) is 1. The zero-order valence-electron chi connectivity index (χ0n) is 18.1. The zero-order valence-corrected chi connectivity index (χ0v) is 18.1. The fourth-order valence-corrected chi connectivity index (χ4v) is 3.83. The average molecular weight is 427 g/mol. The normalized spacial score (nSPS) is 17.8. The number of carbonyl (C=O) groups is 2. The van der Waals surface area contributed by atoms with Gasteiger partial charge < -0.3 is 14.5 Å². The Hall–Kier alpha value is -3.23. The van der Waals surface area contributed by atoms with Crippen molar-refractivity contribution in [1.82, 2.24) is 14.5 Å². The molecule has 0 saturated carbocycles. The summed E-state index contributed by atoms with van der Waals surface area (Å²) in [5.74, 6) is 0.624. The van der Waals surface area contributed by atoms with Crippen molar-refractivity contribution in [3.05, 3.63) is 41.6 Å². The molecular formula is C22H26FN5O3. The van der Waals surface area contributed by atoms with E-state index in [1.807, 2.05) is 30.9 Å². The van der Waals surface area contributed by atoms with Crippen molar-refractivity contribution in [1.29, 1.82) is 0 Å². The second-order valence-electron chi connectivity index (χ2n) is 8.45. The Labute approximate surface area is 180 Å². The van der Waals surface area contributed by atoms with Crippen molar-refractivity contribution in [2.75, 3.05) is 38.2 Å². The van der Waals surface area contributed by atoms with Gasteiger partial charge >= 0.3 is 0 Å². The van der Waals surface area contributed by atoms with Gasteiger partial charge in [0.2, 0.25) is 5.91 Å². The number of aromatic nitrogens is 2. The molecule has 2 aliphatic heterocycles. The van der Waals surface area contributed by atoms with Crippen molar-refractivity contribution in [3.8, 4) is 5.75 Å². The van der Waals surface area contributed by atoms with E-state index in [1.54, 1.807) is 19.3 Å². The number of halogens is 1. The number of rotatable bonds is 3. The van der Waals surface area contributed by atoms with Crippen molar-refractivity contribution in [3.63, 3.8) is 0 Å². The molecule has 1 amide bonds. The summed E-state index contributed by atoms with van der Waals surface area (Å²) in [4.78, 5) is 37.2. The Balaban J connectivity index is 1.63. The highest BCUT2D eigenvalue weighted by molar-refractivity contribution is 5.95. The van der Waals surface area contributed by atoms with Crippen LogP contribution in [0.15, 0.2) is 35.6 Å². The fraction of sp³-hybridized carbons (Fsp3) is 0.455. The Bertz CT molecular complexity index is 1100. The largest absolute Gasteiger partial charge is 0.488 e. The summed E-state index contributed by atoms with van der Waals surface area (Å²) in [6, 6.07) is 5.33. The molecule has 1 fully saturated rings. The van der Waals surface area contributed by atoms with Gasteiger partial charge in [0, 0.05) is 37.1 Å². The highest BCUT2D eigenvalue weighted by atomic mass is 19.1. The summed E-state index contributed by atoms with van der Waals surface area (Å²) >= 11 is 0. The predicted molar refractivity (Wildman–Crippen MR) is 114 cm³/mol. The van der Waals surface area contributed by atoms with E-state index in [0.717, 1.165) is 5.69 Å². The van der Waals surface area contributed by atoms with E-state index in [-0.39, 0.29) is 30.8 Å². The minimum atomic E-state index is -1.33. The first-order valence-electron chi connectivity index (χ1n) is 10.3. The molecule has 4 rings (SSSR count). The Morgan fingerprint density at radius 3 is 2.68 bits per heavy atom. The third kappa shape index (κ3) is 3.92. The van der Waals surface area contributed by atoms with Gasteiger partial charge in [0.05, 0.1) is 25.2 Å². The lowest BCUT2D eigenvalue weighted by atomic mass is 9.98. The molecule has 2 aliphatic rings. The number of carbonyl (C=O) groups excluding carboxylic acids is 2. The first-order valence-corrected chi connectivity index (χ1v) is 10.3. The van der Waals surface area contributed by atoms with E-state index >= 15 is 0 Å². The van der Waals surface area contributed by atoms with Crippen molar-refractivity contribution in [2.24, 2.45) is 10.9 Å². The molecule has 1 saturated heterocycles. The molecule has 0 atom stereocenters. The minimum Gasteiger partial charge on any atom is -0.488 e. The lowest BCUT2D eigenvalue weighted by Crippen LogP contribution is -2.59. The van der Waals surface area contributed by atoms with Gasteiger partial charge in [-0.05, 0) is 19.1 Å². The van der Waals surface area contributed by atoms with Gasteiger partial charge in [-0.2, -0.15) is 0 Å². The number of anilines is 2. The lowest BCUT2D eigenvalue weighted by Gasteiger charge is -2.42. The van der Waals surface area contributed by atoms with E-state index in [4.69, 9.17) is 4.74 Å². The van der Waals surface area contributed by atoms with Gasteiger partial charge in [-0.15, -0.1) is 0 Å². The molecule has 0 bridgehead atoms. The van der Waals surface area contributed by atoms with Crippen LogP contribution in [0.4, 0.5) is 15.9 Å². The molecule has 0 N–H and O–H groups in total. The van der Waals surface area contributed by atoms with Crippen molar-refractivity contribution >= 4 is 23.3 Å². The Morgan fingerprint density at radius 1 is 1.29 bits per heavy atom. The quantitative estimate of drug-likeness (QED) is 0.752.